The predicted octanol–water partition coefficient (Wildman–Crippen LogP) is 2.64. The lowest BCUT2D eigenvalue weighted by molar-refractivity contribution is -0.385. The summed E-state index contributed by atoms with van der Waals surface area (Å²) in [6.45, 7) is 0. The predicted molar refractivity (Wildman–Crippen MR) is 75.0 cm³/mol. The molecule has 0 aliphatic carbocycles. The summed E-state index contributed by atoms with van der Waals surface area (Å²) in [5.74, 6) is -0.0893. The highest BCUT2D eigenvalue weighted by Gasteiger charge is 2.06. The summed E-state index contributed by atoms with van der Waals surface area (Å²) in [5.41, 5.74) is 0.780. The van der Waals surface area contributed by atoms with Crippen molar-refractivity contribution in [2.75, 3.05) is 5.32 Å². The van der Waals surface area contributed by atoms with Crippen LogP contribution in [0.15, 0.2) is 54.7 Å². The molecule has 100 valence electrons. The monoisotopic (exact) mass is 269 g/mol. The number of nitro groups is 1. The normalized spacial score (nSPS) is 10.4. The second-order valence-electron chi connectivity index (χ2n) is 3.89. The number of nitrogens with one attached hydrogen (secondary N) is 1. The van der Waals surface area contributed by atoms with Crippen molar-refractivity contribution >= 4 is 23.5 Å². The molecule has 0 atom stereocenters. The molecule has 0 aliphatic rings. The van der Waals surface area contributed by atoms with E-state index in [1.807, 2.05) is 30.3 Å². The van der Waals surface area contributed by atoms with E-state index in [1.54, 1.807) is 6.08 Å². The Morgan fingerprint density at radius 1 is 1.20 bits per heavy atom. The van der Waals surface area contributed by atoms with Crippen molar-refractivity contribution in [1.29, 1.82) is 0 Å². The molecule has 0 radical (unpaired) electrons. The molecule has 1 aromatic carbocycles. The van der Waals surface area contributed by atoms with Crippen LogP contribution in [0.2, 0.25) is 0 Å². The minimum absolute atomic E-state index is 0.122. The maximum atomic E-state index is 11.6. The summed E-state index contributed by atoms with van der Waals surface area (Å²) < 4.78 is 0. The fourth-order valence-electron chi connectivity index (χ4n) is 1.47. The average Bonchev–Trinajstić information content (AvgIpc) is 2.47. The fourth-order valence-corrected chi connectivity index (χ4v) is 1.47. The number of amides is 1. The molecule has 0 bridgehead atoms. The standard InChI is InChI=1S/C14H11N3O3/c18-14(9-6-11-4-2-1-3-5-11)16-13-8-7-12(10-15-13)17(19)20/h1-10H,(H,15,16,18)/b9-6+. The van der Waals surface area contributed by atoms with Crippen LogP contribution < -0.4 is 5.32 Å². The lowest BCUT2D eigenvalue weighted by atomic mass is 10.2. The molecule has 0 aliphatic heterocycles. The summed E-state index contributed by atoms with van der Waals surface area (Å²) in [6.07, 6.45) is 4.13. The molecular formula is C14H11N3O3. The summed E-state index contributed by atoms with van der Waals surface area (Å²) in [7, 11) is 0. The number of benzene rings is 1. The van der Waals surface area contributed by atoms with Gasteiger partial charge in [0.1, 0.15) is 12.0 Å². The first-order valence-electron chi connectivity index (χ1n) is 5.80. The van der Waals surface area contributed by atoms with E-state index in [-0.39, 0.29) is 17.4 Å². The first kappa shape index (κ1) is 13.4. The van der Waals surface area contributed by atoms with E-state index in [0.717, 1.165) is 11.8 Å². The highest BCUT2D eigenvalue weighted by molar-refractivity contribution is 6.01. The van der Waals surface area contributed by atoms with Crippen molar-refractivity contribution in [3.63, 3.8) is 0 Å². The second kappa shape index (κ2) is 6.24. The molecule has 20 heavy (non-hydrogen) atoms. The van der Waals surface area contributed by atoms with Gasteiger partial charge in [0.05, 0.1) is 4.92 Å². The van der Waals surface area contributed by atoms with E-state index in [9.17, 15) is 14.9 Å². The maximum Gasteiger partial charge on any atom is 0.287 e. The lowest BCUT2D eigenvalue weighted by Crippen LogP contribution is -2.09. The molecule has 1 amide bonds. The lowest BCUT2D eigenvalue weighted by Gasteiger charge is -2.00. The minimum Gasteiger partial charge on any atom is -0.307 e. The van der Waals surface area contributed by atoms with Gasteiger partial charge in [-0.15, -0.1) is 0 Å². The van der Waals surface area contributed by atoms with Gasteiger partial charge in [0.2, 0.25) is 5.91 Å². The molecule has 0 saturated carbocycles. The van der Waals surface area contributed by atoms with Crippen LogP contribution in [0.25, 0.3) is 6.08 Å². The average molecular weight is 269 g/mol. The largest absolute Gasteiger partial charge is 0.307 e. The Morgan fingerprint density at radius 2 is 1.95 bits per heavy atom. The van der Waals surface area contributed by atoms with Crippen molar-refractivity contribution in [2.24, 2.45) is 0 Å². The molecule has 0 saturated heterocycles. The Labute approximate surface area is 114 Å². The third-order valence-corrected chi connectivity index (χ3v) is 2.44. The van der Waals surface area contributed by atoms with E-state index in [1.165, 1.54) is 18.2 Å². The summed E-state index contributed by atoms with van der Waals surface area (Å²) in [5, 5.41) is 13.0. The Morgan fingerprint density at radius 3 is 2.55 bits per heavy atom. The van der Waals surface area contributed by atoms with Gasteiger partial charge < -0.3 is 5.32 Å². The highest BCUT2D eigenvalue weighted by Crippen LogP contribution is 2.11. The van der Waals surface area contributed by atoms with Crippen LogP contribution in [-0.4, -0.2) is 15.8 Å². The van der Waals surface area contributed by atoms with Crippen molar-refractivity contribution < 1.29 is 9.72 Å². The van der Waals surface area contributed by atoms with Crippen LogP contribution in [0.5, 0.6) is 0 Å². The summed E-state index contributed by atoms with van der Waals surface area (Å²) >= 11 is 0. The smallest absolute Gasteiger partial charge is 0.287 e. The van der Waals surface area contributed by atoms with E-state index in [2.05, 4.69) is 10.3 Å². The van der Waals surface area contributed by atoms with Crippen LogP contribution in [0.1, 0.15) is 5.56 Å². The first-order chi connectivity index (χ1) is 9.65. The molecule has 0 fully saturated rings. The SMILES string of the molecule is O=C(/C=C/c1ccccc1)Nc1ccc([N+](=O)[O-])cn1. The number of hydrogen-bond acceptors (Lipinski definition) is 4. The van der Waals surface area contributed by atoms with Crippen LogP contribution in [-0.2, 0) is 4.79 Å². The summed E-state index contributed by atoms with van der Waals surface area (Å²) in [6, 6.07) is 12.0. The minimum atomic E-state index is -0.548. The van der Waals surface area contributed by atoms with Gasteiger partial charge in [0.15, 0.2) is 0 Å². The quantitative estimate of drug-likeness (QED) is 0.525. The zero-order valence-electron chi connectivity index (χ0n) is 10.4. The van der Waals surface area contributed by atoms with Crippen molar-refractivity contribution in [3.05, 3.63) is 70.4 Å². The zero-order valence-corrected chi connectivity index (χ0v) is 10.4. The Hall–Kier alpha value is -3.02. The van der Waals surface area contributed by atoms with Gasteiger partial charge in [-0.25, -0.2) is 4.98 Å². The van der Waals surface area contributed by atoms with Crippen molar-refractivity contribution in [3.8, 4) is 0 Å². The van der Waals surface area contributed by atoms with Gasteiger partial charge in [0.25, 0.3) is 5.69 Å². The molecule has 6 heteroatoms. The van der Waals surface area contributed by atoms with Gasteiger partial charge in [-0.3, -0.25) is 14.9 Å². The topological polar surface area (TPSA) is 85.1 Å². The molecule has 0 spiro atoms. The van der Waals surface area contributed by atoms with Gasteiger partial charge in [0, 0.05) is 12.1 Å². The Bertz CT molecular complexity index is 636. The molecule has 2 aromatic rings. The van der Waals surface area contributed by atoms with Gasteiger partial charge in [-0.1, -0.05) is 30.3 Å². The van der Waals surface area contributed by atoms with Crippen LogP contribution in [0.4, 0.5) is 11.5 Å². The number of carbonyl (C=O) groups excluding carboxylic acids is 1. The number of nitrogens with zero attached hydrogens (tertiary/aromatic N) is 2. The van der Waals surface area contributed by atoms with E-state index >= 15 is 0 Å². The number of carbonyl (C=O) groups is 1. The van der Waals surface area contributed by atoms with Gasteiger partial charge in [-0.05, 0) is 17.7 Å². The zero-order chi connectivity index (χ0) is 14.4. The van der Waals surface area contributed by atoms with Crippen LogP contribution >= 0.6 is 0 Å². The molecule has 0 unspecified atom stereocenters. The number of anilines is 1. The molecular weight excluding hydrogens is 258 g/mol. The van der Waals surface area contributed by atoms with E-state index in [0.29, 0.717) is 0 Å². The fraction of sp³-hybridized carbons (Fsp3) is 0. The van der Waals surface area contributed by atoms with E-state index < -0.39 is 4.92 Å². The molecule has 1 heterocycles. The molecule has 1 aromatic heterocycles. The third kappa shape index (κ3) is 3.74. The molecule has 2 rings (SSSR count). The number of rotatable bonds is 4. The maximum absolute atomic E-state index is 11.6. The van der Waals surface area contributed by atoms with Crippen molar-refractivity contribution in [2.45, 2.75) is 0 Å². The first-order valence-corrected chi connectivity index (χ1v) is 5.80. The highest BCUT2D eigenvalue weighted by atomic mass is 16.6. The van der Waals surface area contributed by atoms with Crippen molar-refractivity contribution in [1.82, 2.24) is 4.98 Å². The number of pyridine rings is 1. The van der Waals surface area contributed by atoms with Gasteiger partial charge in [-0.2, -0.15) is 0 Å². The Kier molecular flexibility index (Phi) is 4.18. The van der Waals surface area contributed by atoms with E-state index in [4.69, 9.17) is 0 Å². The summed E-state index contributed by atoms with van der Waals surface area (Å²) in [4.78, 5) is 25.3. The Balaban J connectivity index is 1.98. The van der Waals surface area contributed by atoms with Crippen LogP contribution in [0, 0.1) is 10.1 Å². The molecule has 6 nitrogen and oxygen atoms in total. The third-order valence-electron chi connectivity index (χ3n) is 2.44. The van der Waals surface area contributed by atoms with Gasteiger partial charge >= 0.3 is 0 Å². The second-order valence-corrected chi connectivity index (χ2v) is 3.89. The number of aromatic nitrogens is 1. The molecule has 1 N–H and O–H groups in total. The number of hydrogen-bond donors (Lipinski definition) is 1. The van der Waals surface area contributed by atoms with Crippen LogP contribution in [0.3, 0.4) is 0 Å².